The summed E-state index contributed by atoms with van der Waals surface area (Å²) in [5.74, 6) is 1.10. The van der Waals surface area contributed by atoms with E-state index in [1.807, 2.05) is 24.3 Å². The largest absolute Gasteiger partial charge is 0.333 e. The van der Waals surface area contributed by atoms with E-state index in [2.05, 4.69) is 22.0 Å². The molecule has 0 aliphatic heterocycles. The van der Waals surface area contributed by atoms with E-state index < -0.39 is 0 Å². The molecule has 22 heavy (non-hydrogen) atoms. The van der Waals surface area contributed by atoms with Crippen LogP contribution in [0.5, 0.6) is 0 Å². The number of benzene rings is 1. The second-order valence-corrected chi connectivity index (χ2v) is 5.81. The lowest BCUT2D eigenvalue weighted by atomic mass is 10.1. The van der Waals surface area contributed by atoms with E-state index in [1.54, 1.807) is 17.5 Å². The van der Waals surface area contributed by atoms with Crippen molar-refractivity contribution >= 4 is 23.7 Å². The quantitative estimate of drug-likeness (QED) is 0.768. The Labute approximate surface area is 139 Å². The van der Waals surface area contributed by atoms with E-state index in [0.717, 1.165) is 33.9 Å². The first kappa shape index (κ1) is 16.6. The third kappa shape index (κ3) is 3.52. The van der Waals surface area contributed by atoms with Crippen LogP contribution in [0.3, 0.4) is 0 Å². The van der Waals surface area contributed by atoms with Crippen LogP contribution < -0.4 is 5.73 Å². The zero-order valence-electron chi connectivity index (χ0n) is 12.2. The van der Waals surface area contributed by atoms with Gasteiger partial charge < -0.3 is 10.3 Å². The number of aryl methyl sites for hydroxylation is 1. The molecule has 0 bridgehead atoms. The highest BCUT2D eigenvalue weighted by atomic mass is 35.5. The van der Waals surface area contributed by atoms with Crippen LogP contribution in [0.2, 0.25) is 0 Å². The van der Waals surface area contributed by atoms with Gasteiger partial charge >= 0.3 is 0 Å². The van der Waals surface area contributed by atoms with Gasteiger partial charge in [0, 0.05) is 12.1 Å². The van der Waals surface area contributed by atoms with E-state index in [0.29, 0.717) is 18.3 Å². The van der Waals surface area contributed by atoms with Crippen molar-refractivity contribution in [1.29, 1.82) is 0 Å². The minimum atomic E-state index is 0. The number of nitrogens with two attached hydrogens (primary N) is 1. The molecule has 0 spiro atoms. The highest BCUT2D eigenvalue weighted by Gasteiger charge is 2.13. The Balaban J connectivity index is 0.00000176. The molecule has 3 rings (SSSR count). The molecule has 5 nitrogen and oxygen atoms in total. The summed E-state index contributed by atoms with van der Waals surface area (Å²) in [6.45, 7) is 2.66. The van der Waals surface area contributed by atoms with Gasteiger partial charge in [-0.2, -0.15) is 4.98 Å². The van der Waals surface area contributed by atoms with Gasteiger partial charge in [0.25, 0.3) is 5.89 Å². The van der Waals surface area contributed by atoms with E-state index in [4.69, 9.17) is 10.3 Å². The van der Waals surface area contributed by atoms with Gasteiger partial charge in [-0.05, 0) is 18.4 Å². The third-order valence-electron chi connectivity index (χ3n) is 3.10. The van der Waals surface area contributed by atoms with E-state index in [1.165, 1.54) is 0 Å². The van der Waals surface area contributed by atoms with Gasteiger partial charge in [-0.15, -0.1) is 23.7 Å². The molecule has 0 radical (unpaired) electrons. The van der Waals surface area contributed by atoms with Crippen LogP contribution in [-0.2, 0) is 13.0 Å². The van der Waals surface area contributed by atoms with Crippen molar-refractivity contribution in [2.24, 2.45) is 5.73 Å². The number of halogens is 1. The minimum absolute atomic E-state index is 0. The zero-order chi connectivity index (χ0) is 14.7. The van der Waals surface area contributed by atoms with Crippen LogP contribution in [-0.4, -0.2) is 15.1 Å². The van der Waals surface area contributed by atoms with Crippen LogP contribution in [0, 0.1) is 0 Å². The van der Waals surface area contributed by atoms with Gasteiger partial charge in [-0.25, -0.2) is 4.98 Å². The smallest absolute Gasteiger partial charge is 0.269 e. The van der Waals surface area contributed by atoms with Crippen molar-refractivity contribution in [3.05, 3.63) is 41.0 Å². The molecule has 0 saturated heterocycles. The lowest BCUT2D eigenvalue weighted by molar-refractivity contribution is 0.433. The second-order valence-electron chi connectivity index (χ2n) is 4.69. The molecule has 2 N–H and O–H groups in total. The molecule has 0 aliphatic carbocycles. The third-order valence-corrected chi connectivity index (χ3v) is 4.15. The summed E-state index contributed by atoms with van der Waals surface area (Å²) in [7, 11) is 0. The van der Waals surface area contributed by atoms with Gasteiger partial charge in [0.15, 0.2) is 0 Å². The van der Waals surface area contributed by atoms with Crippen molar-refractivity contribution in [3.8, 4) is 22.2 Å². The van der Waals surface area contributed by atoms with Crippen molar-refractivity contribution in [2.75, 3.05) is 0 Å². The number of hydrogen-bond donors (Lipinski definition) is 1. The summed E-state index contributed by atoms with van der Waals surface area (Å²) in [6.07, 6.45) is 3.85. The minimum Gasteiger partial charge on any atom is -0.333 e. The maximum Gasteiger partial charge on any atom is 0.269 e. The van der Waals surface area contributed by atoms with Gasteiger partial charge in [0.05, 0.1) is 11.2 Å². The molecule has 1 aromatic carbocycles. The molecule has 116 valence electrons. The van der Waals surface area contributed by atoms with Crippen LogP contribution in [0.15, 0.2) is 35.0 Å². The summed E-state index contributed by atoms with van der Waals surface area (Å²) >= 11 is 1.60. The van der Waals surface area contributed by atoms with Crippen molar-refractivity contribution in [3.63, 3.8) is 0 Å². The van der Waals surface area contributed by atoms with Crippen LogP contribution >= 0.6 is 23.7 Å². The van der Waals surface area contributed by atoms with E-state index in [9.17, 15) is 0 Å². The standard InChI is InChI=1S/C15H16N4OS.ClH/c1-2-3-13-17-9-12(21-13)15-18-14(19-20-15)11-6-4-10(8-16)5-7-11;/h4-7,9H,2-3,8,16H2,1H3;1H. The second kappa shape index (κ2) is 7.49. The number of nitrogens with zero attached hydrogens (tertiary/aromatic N) is 3. The van der Waals surface area contributed by atoms with Crippen molar-refractivity contribution < 1.29 is 4.52 Å². The topological polar surface area (TPSA) is 77.8 Å². The van der Waals surface area contributed by atoms with E-state index in [-0.39, 0.29) is 12.4 Å². The Morgan fingerprint density at radius 2 is 2.00 bits per heavy atom. The van der Waals surface area contributed by atoms with Gasteiger partial charge in [0.2, 0.25) is 5.82 Å². The van der Waals surface area contributed by atoms with Crippen LogP contribution in [0.25, 0.3) is 22.2 Å². The van der Waals surface area contributed by atoms with E-state index >= 15 is 0 Å². The summed E-state index contributed by atoms with van der Waals surface area (Å²) in [4.78, 5) is 9.72. The van der Waals surface area contributed by atoms with Gasteiger partial charge in [0.1, 0.15) is 4.88 Å². The predicted molar refractivity (Wildman–Crippen MR) is 90.0 cm³/mol. The number of hydrogen-bond acceptors (Lipinski definition) is 6. The lowest BCUT2D eigenvalue weighted by Gasteiger charge is -1.97. The molecule has 2 aromatic heterocycles. The Morgan fingerprint density at radius 1 is 1.23 bits per heavy atom. The molecule has 0 unspecified atom stereocenters. The van der Waals surface area contributed by atoms with Gasteiger partial charge in [-0.3, -0.25) is 0 Å². The number of thiazole rings is 1. The average molecular weight is 337 g/mol. The summed E-state index contributed by atoms with van der Waals surface area (Å²) in [5, 5.41) is 5.13. The molecule has 3 aromatic rings. The molecule has 7 heteroatoms. The molecular formula is C15H17ClN4OS. The monoisotopic (exact) mass is 336 g/mol. The average Bonchev–Trinajstić information content (AvgIpc) is 3.16. The Bertz CT molecular complexity index is 723. The highest BCUT2D eigenvalue weighted by Crippen LogP contribution is 2.27. The number of rotatable bonds is 5. The fourth-order valence-corrected chi connectivity index (χ4v) is 2.91. The van der Waals surface area contributed by atoms with Crippen LogP contribution in [0.4, 0.5) is 0 Å². The summed E-state index contributed by atoms with van der Waals surface area (Å²) in [6, 6.07) is 7.84. The Kier molecular flexibility index (Phi) is 5.65. The van der Waals surface area contributed by atoms with Gasteiger partial charge in [-0.1, -0.05) is 36.3 Å². The normalized spacial score (nSPS) is 10.5. The summed E-state index contributed by atoms with van der Waals surface area (Å²) in [5.41, 5.74) is 7.59. The zero-order valence-corrected chi connectivity index (χ0v) is 13.8. The molecule has 0 amide bonds. The molecule has 0 atom stereocenters. The number of aromatic nitrogens is 3. The summed E-state index contributed by atoms with van der Waals surface area (Å²) < 4.78 is 5.34. The predicted octanol–water partition coefficient (Wildman–Crippen LogP) is 3.69. The van der Waals surface area contributed by atoms with Crippen molar-refractivity contribution in [2.45, 2.75) is 26.3 Å². The fraction of sp³-hybridized carbons (Fsp3) is 0.267. The molecule has 0 saturated carbocycles. The molecule has 0 aliphatic rings. The highest BCUT2D eigenvalue weighted by molar-refractivity contribution is 7.15. The Hall–Kier alpha value is -1.76. The lowest BCUT2D eigenvalue weighted by Crippen LogP contribution is -1.95. The maximum atomic E-state index is 5.59. The fourth-order valence-electron chi connectivity index (χ4n) is 1.97. The first-order valence-corrected chi connectivity index (χ1v) is 7.70. The van der Waals surface area contributed by atoms with Crippen molar-refractivity contribution in [1.82, 2.24) is 15.1 Å². The molecular weight excluding hydrogens is 320 g/mol. The first-order chi connectivity index (χ1) is 10.3. The Morgan fingerprint density at radius 3 is 2.68 bits per heavy atom. The van der Waals surface area contributed by atoms with Crippen LogP contribution in [0.1, 0.15) is 23.9 Å². The maximum absolute atomic E-state index is 5.59. The first-order valence-electron chi connectivity index (χ1n) is 6.88. The SMILES string of the molecule is CCCc1ncc(-c2nc(-c3ccc(CN)cc3)no2)s1.Cl. The molecule has 0 fully saturated rings. The molecule has 2 heterocycles.